The number of aryl methyl sites for hydroxylation is 1. The Morgan fingerprint density at radius 1 is 1.32 bits per heavy atom. The molecule has 9 nitrogen and oxygen atoms in total. The molecule has 148 valence electrons. The highest BCUT2D eigenvalue weighted by atomic mass is 19.4. The molecule has 1 atom stereocenters. The molecule has 0 saturated carbocycles. The minimum absolute atomic E-state index is 0.0739. The number of aromatic amines is 1. The van der Waals surface area contributed by atoms with Crippen molar-refractivity contribution < 1.29 is 13.2 Å². The average Bonchev–Trinajstić information content (AvgIpc) is 3.30. The van der Waals surface area contributed by atoms with Crippen LogP contribution in [-0.4, -0.2) is 54.3 Å². The van der Waals surface area contributed by atoms with Crippen molar-refractivity contribution in [3.05, 3.63) is 24.0 Å². The molecule has 0 amide bonds. The molecule has 1 aliphatic rings. The fourth-order valence-electron chi connectivity index (χ4n) is 3.15. The van der Waals surface area contributed by atoms with Crippen molar-refractivity contribution in [3.8, 4) is 22.8 Å². The molecule has 0 bridgehead atoms. The minimum Gasteiger partial charge on any atom is -0.358 e. The van der Waals surface area contributed by atoms with Gasteiger partial charge in [-0.2, -0.15) is 13.2 Å². The maximum atomic E-state index is 13.5. The van der Waals surface area contributed by atoms with Crippen LogP contribution in [0, 0.1) is 0 Å². The van der Waals surface area contributed by atoms with Crippen molar-refractivity contribution in [3.63, 3.8) is 0 Å². The van der Waals surface area contributed by atoms with Crippen LogP contribution in [0.1, 0.15) is 18.4 Å². The molecule has 0 aliphatic carbocycles. The monoisotopic (exact) mass is 393 g/mol. The Bertz CT molecular complexity index is 956. The van der Waals surface area contributed by atoms with Gasteiger partial charge in [0.25, 0.3) is 0 Å². The second-order valence-corrected chi connectivity index (χ2v) is 6.57. The van der Waals surface area contributed by atoms with Gasteiger partial charge in [-0.25, -0.2) is 14.6 Å². The van der Waals surface area contributed by atoms with E-state index >= 15 is 0 Å². The number of hydrogen-bond donors (Lipinski definition) is 3. The molecule has 0 radical (unpaired) electrons. The summed E-state index contributed by atoms with van der Waals surface area (Å²) in [5, 5.41) is 17.5. The van der Waals surface area contributed by atoms with Crippen molar-refractivity contribution in [1.82, 2.24) is 40.5 Å². The summed E-state index contributed by atoms with van der Waals surface area (Å²) in [5.74, 6) is 0.570. The number of alkyl halides is 3. The zero-order valence-electron chi connectivity index (χ0n) is 15.0. The summed E-state index contributed by atoms with van der Waals surface area (Å²) in [6.45, 7) is 1.65. The standard InChI is InChI=1S/C16H18F3N9/c1-28-14(25-26-27-28)12-5-9(6-21-12)13-11(16(17,18)19)8-22-15(24-13)23-10-3-2-4-20-7-10/h5-6,8,10,20-21H,2-4,7H2,1H3,(H,22,23,24). The number of hydrogen-bond acceptors (Lipinski definition) is 7. The Kier molecular flexibility index (Phi) is 4.71. The summed E-state index contributed by atoms with van der Waals surface area (Å²) < 4.78 is 42.0. The Hall–Kier alpha value is -3.02. The Morgan fingerprint density at radius 3 is 2.86 bits per heavy atom. The van der Waals surface area contributed by atoms with Gasteiger partial charge in [-0.3, -0.25) is 0 Å². The third-order valence-corrected chi connectivity index (χ3v) is 4.54. The zero-order chi connectivity index (χ0) is 19.7. The number of piperidine rings is 1. The summed E-state index contributed by atoms with van der Waals surface area (Å²) in [6, 6.07) is 1.61. The van der Waals surface area contributed by atoms with Gasteiger partial charge in [0.2, 0.25) is 5.95 Å². The van der Waals surface area contributed by atoms with Crippen LogP contribution in [-0.2, 0) is 13.2 Å². The minimum atomic E-state index is -4.58. The van der Waals surface area contributed by atoms with Crippen LogP contribution in [0.4, 0.5) is 19.1 Å². The van der Waals surface area contributed by atoms with Gasteiger partial charge in [0.1, 0.15) is 5.56 Å². The van der Waals surface area contributed by atoms with Gasteiger partial charge in [-0.15, -0.1) is 5.10 Å². The summed E-state index contributed by atoms with van der Waals surface area (Å²) in [4.78, 5) is 11.0. The maximum Gasteiger partial charge on any atom is 0.419 e. The summed E-state index contributed by atoms with van der Waals surface area (Å²) >= 11 is 0. The number of rotatable bonds is 4. The van der Waals surface area contributed by atoms with E-state index in [1.54, 1.807) is 7.05 Å². The van der Waals surface area contributed by atoms with Crippen LogP contribution < -0.4 is 10.6 Å². The van der Waals surface area contributed by atoms with Gasteiger partial charge in [0.05, 0.1) is 11.4 Å². The van der Waals surface area contributed by atoms with Gasteiger partial charge in [0, 0.05) is 37.6 Å². The summed E-state index contributed by atoms with van der Waals surface area (Å²) in [6.07, 6.45) is -0.423. The van der Waals surface area contributed by atoms with Crippen molar-refractivity contribution in [2.45, 2.75) is 25.1 Å². The molecule has 1 fully saturated rings. The van der Waals surface area contributed by atoms with E-state index in [0.717, 1.165) is 25.6 Å². The van der Waals surface area contributed by atoms with Crippen molar-refractivity contribution in [2.75, 3.05) is 18.4 Å². The van der Waals surface area contributed by atoms with E-state index in [0.29, 0.717) is 18.1 Å². The second kappa shape index (κ2) is 7.19. The highest BCUT2D eigenvalue weighted by Crippen LogP contribution is 2.37. The predicted octanol–water partition coefficient (Wildman–Crippen LogP) is 1.84. The average molecular weight is 393 g/mol. The maximum absolute atomic E-state index is 13.5. The number of tetrazole rings is 1. The van der Waals surface area contributed by atoms with E-state index < -0.39 is 11.7 Å². The molecule has 0 spiro atoms. The van der Waals surface area contributed by atoms with Crippen molar-refractivity contribution in [2.24, 2.45) is 7.05 Å². The van der Waals surface area contributed by atoms with E-state index in [-0.39, 0.29) is 23.2 Å². The van der Waals surface area contributed by atoms with Gasteiger partial charge in [-0.05, 0) is 35.9 Å². The molecule has 3 N–H and O–H groups in total. The molecule has 4 heterocycles. The lowest BCUT2D eigenvalue weighted by Crippen LogP contribution is -2.38. The largest absolute Gasteiger partial charge is 0.419 e. The fraction of sp³-hybridized carbons (Fsp3) is 0.438. The Morgan fingerprint density at radius 2 is 2.18 bits per heavy atom. The molecular formula is C16H18F3N9. The van der Waals surface area contributed by atoms with Gasteiger partial charge in [-0.1, -0.05) is 0 Å². The second-order valence-electron chi connectivity index (χ2n) is 6.57. The Balaban J connectivity index is 1.70. The van der Waals surface area contributed by atoms with Crippen LogP contribution in [0.2, 0.25) is 0 Å². The molecular weight excluding hydrogens is 375 g/mol. The van der Waals surface area contributed by atoms with Gasteiger partial charge in [0.15, 0.2) is 5.82 Å². The van der Waals surface area contributed by atoms with Crippen LogP contribution in [0.5, 0.6) is 0 Å². The smallest absolute Gasteiger partial charge is 0.358 e. The molecule has 12 heteroatoms. The predicted molar refractivity (Wildman–Crippen MR) is 94.1 cm³/mol. The third-order valence-electron chi connectivity index (χ3n) is 4.54. The van der Waals surface area contributed by atoms with Crippen LogP contribution >= 0.6 is 0 Å². The molecule has 1 saturated heterocycles. The van der Waals surface area contributed by atoms with Gasteiger partial charge < -0.3 is 15.6 Å². The van der Waals surface area contributed by atoms with Crippen LogP contribution in [0.15, 0.2) is 18.5 Å². The first-order chi connectivity index (χ1) is 13.4. The molecule has 0 aromatic carbocycles. The van der Waals surface area contributed by atoms with E-state index in [9.17, 15) is 13.2 Å². The highest BCUT2D eigenvalue weighted by molar-refractivity contribution is 5.69. The van der Waals surface area contributed by atoms with E-state index in [1.165, 1.54) is 16.9 Å². The highest BCUT2D eigenvalue weighted by Gasteiger charge is 2.36. The number of aromatic nitrogens is 7. The molecule has 3 aromatic rings. The first-order valence-corrected chi connectivity index (χ1v) is 8.75. The zero-order valence-corrected chi connectivity index (χ0v) is 15.0. The first kappa shape index (κ1) is 18.3. The topological polar surface area (TPSA) is 109 Å². The van der Waals surface area contributed by atoms with Crippen molar-refractivity contribution in [1.29, 1.82) is 0 Å². The molecule has 1 unspecified atom stereocenters. The van der Waals surface area contributed by atoms with Crippen LogP contribution in [0.25, 0.3) is 22.8 Å². The number of H-pyrrole nitrogens is 1. The molecule has 1 aliphatic heterocycles. The van der Waals surface area contributed by atoms with E-state index in [2.05, 4.69) is 41.1 Å². The lowest BCUT2D eigenvalue weighted by molar-refractivity contribution is -0.137. The number of nitrogens with zero attached hydrogens (tertiary/aromatic N) is 6. The number of halogens is 3. The normalized spacial score (nSPS) is 17.6. The summed E-state index contributed by atoms with van der Waals surface area (Å²) in [5.41, 5.74) is -0.342. The van der Waals surface area contributed by atoms with E-state index in [1.807, 2.05) is 0 Å². The number of nitrogens with one attached hydrogen (secondary N) is 3. The van der Waals surface area contributed by atoms with Crippen LogP contribution in [0.3, 0.4) is 0 Å². The Labute approximate surface area is 157 Å². The first-order valence-electron chi connectivity index (χ1n) is 8.75. The molecule has 28 heavy (non-hydrogen) atoms. The molecule has 3 aromatic heterocycles. The van der Waals surface area contributed by atoms with Gasteiger partial charge >= 0.3 is 6.18 Å². The SMILES string of the molecule is Cn1nnnc1-c1cc(-c2nc(NC3CCCNC3)ncc2C(F)(F)F)c[nH]1. The number of anilines is 1. The van der Waals surface area contributed by atoms with Crippen molar-refractivity contribution >= 4 is 5.95 Å². The quantitative estimate of drug-likeness (QED) is 0.621. The fourth-order valence-corrected chi connectivity index (χ4v) is 3.15. The molecule has 4 rings (SSSR count). The lowest BCUT2D eigenvalue weighted by atomic mass is 10.1. The summed E-state index contributed by atoms with van der Waals surface area (Å²) in [7, 11) is 1.64. The lowest BCUT2D eigenvalue weighted by Gasteiger charge is -2.24. The third kappa shape index (κ3) is 3.67. The van der Waals surface area contributed by atoms with E-state index in [4.69, 9.17) is 0 Å².